The first-order valence-corrected chi connectivity index (χ1v) is 9.96. The van der Waals surface area contributed by atoms with Crippen molar-refractivity contribution < 1.29 is 9.72 Å². The van der Waals surface area contributed by atoms with E-state index in [1.54, 1.807) is 23.7 Å². The molecule has 0 aliphatic carbocycles. The Morgan fingerprint density at radius 1 is 1.38 bits per heavy atom. The van der Waals surface area contributed by atoms with E-state index in [1.807, 2.05) is 6.20 Å². The lowest BCUT2D eigenvalue weighted by atomic mass is 10.2. The van der Waals surface area contributed by atoms with Crippen molar-refractivity contribution in [2.24, 2.45) is 7.05 Å². The molecule has 0 saturated heterocycles. The van der Waals surface area contributed by atoms with Gasteiger partial charge in [0.2, 0.25) is 0 Å². The van der Waals surface area contributed by atoms with E-state index in [2.05, 4.69) is 25.1 Å². The summed E-state index contributed by atoms with van der Waals surface area (Å²) in [6.07, 6.45) is 6.69. The molecule has 1 aromatic carbocycles. The number of nitrogens with zero attached hydrogens (tertiary/aromatic N) is 6. The molecule has 3 aromatic rings. The van der Waals surface area contributed by atoms with E-state index in [0.717, 1.165) is 49.1 Å². The molecule has 0 spiro atoms. The molecule has 1 aliphatic rings. The van der Waals surface area contributed by atoms with Gasteiger partial charge in [0.15, 0.2) is 5.16 Å². The number of fused-ring (bicyclic) bond motifs is 1. The molecule has 150 valence electrons. The summed E-state index contributed by atoms with van der Waals surface area (Å²) in [5, 5.41) is 22.5. The summed E-state index contributed by atoms with van der Waals surface area (Å²) in [6.45, 7) is 1.23. The fourth-order valence-corrected chi connectivity index (χ4v) is 4.03. The molecular weight excluding hydrogens is 394 g/mol. The number of nitro benzene ring substituents is 1. The Morgan fingerprint density at radius 2 is 2.24 bits per heavy atom. The molecule has 0 atom stereocenters. The standard InChI is InChI=1S/C18H19N7O3S/c1-23-11-20-22-18(23)29-15-6-5-12(8-14(15)25(27)28)17(26)19-9-13-10-24-7-3-2-4-16(24)21-13/h5-6,8,10-11H,2-4,7,9H2,1H3,(H,19,26). The maximum atomic E-state index is 12.5. The van der Waals surface area contributed by atoms with Gasteiger partial charge in [0.25, 0.3) is 11.6 Å². The molecule has 0 fully saturated rings. The second-order valence-corrected chi connectivity index (χ2v) is 7.76. The molecule has 0 radical (unpaired) electrons. The Kier molecular flexibility index (Phi) is 5.30. The fourth-order valence-electron chi connectivity index (χ4n) is 3.18. The van der Waals surface area contributed by atoms with Crippen LogP contribution in [0.2, 0.25) is 0 Å². The van der Waals surface area contributed by atoms with E-state index in [-0.39, 0.29) is 23.7 Å². The number of hydrogen-bond donors (Lipinski definition) is 1. The van der Waals surface area contributed by atoms with E-state index in [1.165, 1.54) is 12.4 Å². The van der Waals surface area contributed by atoms with Crippen molar-refractivity contribution >= 4 is 23.4 Å². The molecule has 2 aromatic heterocycles. The van der Waals surface area contributed by atoms with Crippen LogP contribution in [0.3, 0.4) is 0 Å². The van der Waals surface area contributed by atoms with Gasteiger partial charge < -0.3 is 14.5 Å². The minimum Gasteiger partial charge on any atom is -0.346 e. The summed E-state index contributed by atoms with van der Waals surface area (Å²) >= 11 is 1.12. The van der Waals surface area contributed by atoms with Crippen LogP contribution in [0.1, 0.15) is 34.7 Å². The minimum atomic E-state index is -0.501. The summed E-state index contributed by atoms with van der Waals surface area (Å²) < 4.78 is 3.79. The van der Waals surface area contributed by atoms with E-state index in [9.17, 15) is 14.9 Å². The fraction of sp³-hybridized carbons (Fsp3) is 0.333. The van der Waals surface area contributed by atoms with Crippen LogP contribution in [-0.4, -0.2) is 35.1 Å². The first kappa shape index (κ1) is 19.1. The normalized spacial score (nSPS) is 13.1. The molecule has 10 nitrogen and oxygen atoms in total. The molecule has 1 amide bonds. The maximum Gasteiger partial charge on any atom is 0.284 e. The average Bonchev–Trinajstić information content (AvgIpc) is 3.32. The summed E-state index contributed by atoms with van der Waals surface area (Å²) in [5.74, 6) is 0.663. The van der Waals surface area contributed by atoms with Crippen molar-refractivity contribution in [3.05, 3.63) is 57.9 Å². The van der Waals surface area contributed by atoms with E-state index < -0.39 is 4.92 Å². The third-order valence-corrected chi connectivity index (χ3v) is 5.79. The zero-order valence-electron chi connectivity index (χ0n) is 15.7. The first-order valence-electron chi connectivity index (χ1n) is 9.14. The van der Waals surface area contributed by atoms with Crippen LogP contribution < -0.4 is 5.32 Å². The first-order chi connectivity index (χ1) is 14.0. The summed E-state index contributed by atoms with van der Waals surface area (Å²) in [5.41, 5.74) is 0.866. The summed E-state index contributed by atoms with van der Waals surface area (Å²) in [4.78, 5) is 28.5. The highest BCUT2D eigenvalue weighted by atomic mass is 32.2. The molecule has 0 bridgehead atoms. The average molecular weight is 413 g/mol. The monoisotopic (exact) mass is 413 g/mol. The summed E-state index contributed by atoms with van der Waals surface area (Å²) in [6, 6.07) is 4.41. The number of carbonyl (C=O) groups is 1. The topological polar surface area (TPSA) is 121 Å². The number of aryl methyl sites for hydroxylation is 3. The van der Waals surface area contributed by atoms with Gasteiger partial charge in [-0.05, 0) is 36.7 Å². The second-order valence-electron chi connectivity index (χ2n) is 6.75. The number of benzene rings is 1. The number of nitrogens with one attached hydrogen (secondary N) is 1. The molecule has 1 aliphatic heterocycles. The van der Waals surface area contributed by atoms with Gasteiger partial charge in [-0.3, -0.25) is 14.9 Å². The molecule has 0 saturated carbocycles. The predicted octanol–water partition coefficient (Wildman–Crippen LogP) is 2.34. The van der Waals surface area contributed by atoms with Crippen LogP contribution in [0.4, 0.5) is 5.69 Å². The van der Waals surface area contributed by atoms with Crippen molar-refractivity contribution in [3.63, 3.8) is 0 Å². The van der Waals surface area contributed by atoms with E-state index >= 15 is 0 Å². The SMILES string of the molecule is Cn1cnnc1Sc1ccc(C(=O)NCc2cn3c(n2)CCCC3)cc1[N+](=O)[O-]. The molecule has 4 rings (SSSR count). The number of aromatic nitrogens is 5. The quantitative estimate of drug-likeness (QED) is 0.486. The second kappa shape index (κ2) is 8.03. The minimum absolute atomic E-state index is 0.150. The van der Waals surface area contributed by atoms with Gasteiger partial charge in [0.1, 0.15) is 12.2 Å². The van der Waals surface area contributed by atoms with E-state index in [0.29, 0.717) is 10.1 Å². The number of nitro groups is 1. The van der Waals surface area contributed by atoms with Crippen molar-refractivity contribution in [3.8, 4) is 0 Å². The lowest BCUT2D eigenvalue weighted by Crippen LogP contribution is -2.23. The van der Waals surface area contributed by atoms with Crippen molar-refractivity contribution in [2.45, 2.75) is 42.4 Å². The van der Waals surface area contributed by atoms with Gasteiger partial charge in [-0.15, -0.1) is 10.2 Å². The van der Waals surface area contributed by atoms with Crippen LogP contribution in [0.25, 0.3) is 0 Å². The van der Waals surface area contributed by atoms with Crippen LogP contribution in [0.15, 0.2) is 40.8 Å². The largest absolute Gasteiger partial charge is 0.346 e. The molecule has 29 heavy (non-hydrogen) atoms. The van der Waals surface area contributed by atoms with Crippen LogP contribution >= 0.6 is 11.8 Å². The third-order valence-electron chi connectivity index (χ3n) is 4.68. The van der Waals surface area contributed by atoms with Gasteiger partial charge in [0, 0.05) is 37.8 Å². The zero-order chi connectivity index (χ0) is 20.4. The molecule has 1 N–H and O–H groups in total. The molecule has 3 heterocycles. The maximum absolute atomic E-state index is 12.5. The Balaban J connectivity index is 1.48. The van der Waals surface area contributed by atoms with Crippen molar-refractivity contribution in [1.82, 2.24) is 29.6 Å². The lowest BCUT2D eigenvalue weighted by molar-refractivity contribution is -0.387. The molecule has 11 heteroatoms. The number of rotatable bonds is 6. The Labute approximate surface area is 170 Å². The molecular formula is C18H19N7O3S. The Bertz CT molecular complexity index is 1050. The van der Waals surface area contributed by atoms with Crippen LogP contribution in [0.5, 0.6) is 0 Å². The van der Waals surface area contributed by atoms with Gasteiger partial charge in [-0.2, -0.15) is 0 Å². The Hall–Kier alpha value is -3.21. The molecule has 0 unspecified atom stereocenters. The number of amides is 1. The van der Waals surface area contributed by atoms with Gasteiger partial charge in [-0.1, -0.05) is 0 Å². The number of hydrogen-bond acceptors (Lipinski definition) is 7. The smallest absolute Gasteiger partial charge is 0.284 e. The zero-order valence-corrected chi connectivity index (χ0v) is 16.6. The summed E-state index contributed by atoms with van der Waals surface area (Å²) in [7, 11) is 1.75. The van der Waals surface area contributed by atoms with Crippen LogP contribution in [-0.2, 0) is 26.6 Å². The van der Waals surface area contributed by atoms with Gasteiger partial charge in [-0.25, -0.2) is 4.98 Å². The van der Waals surface area contributed by atoms with Crippen molar-refractivity contribution in [2.75, 3.05) is 0 Å². The lowest BCUT2D eigenvalue weighted by Gasteiger charge is -2.11. The Morgan fingerprint density at radius 3 is 2.97 bits per heavy atom. The predicted molar refractivity (Wildman–Crippen MR) is 105 cm³/mol. The van der Waals surface area contributed by atoms with E-state index in [4.69, 9.17) is 0 Å². The highest BCUT2D eigenvalue weighted by Gasteiger charge is 2.20. The van der Waals surface area contributed by atoms with Crippen LogP contribution in [0, 0.1) is 10.1 Å². The van der Waals surface area contributed by atoms with Gasteiger partial charge >= 0.3 is 0 Å². The highest BCUT2D eigenvalue weighted by Crippen LogP contribution is 2.34. The number of imidazole rings is 1. The van der Waals surface area contributed by atoms with Gasteiger partial charge in [0.05, 0.1) is 22.1 Å². The number of carbonyl (C=O) groups excluding carboxylic acids is 1. The third kappa shape index (κ3) is 4.14. The highest BCUT2D eigenvalue weighted by molar-refractivity contribution is 7.99. The van der Waals surface area contributed by atoms with Crippen molar-refractivity contribution in [1.29, 1.82) is 0 Å².